The smallest absolute Gasteiger partial charge is 0.244 e. The van der Waals surface area contributed by atoms with E-state index in [1.807, 2.05) is 6.92 Å². The number of H-pyrrole nitrogens is 1. The Bertz CT molecular complexity index is 540. The van der Waals surface area contributed by atoms with Gasteiger partial charge in [0.15, 0.2) is 0 Å². The fourth-order valence-electron chi connectivity index (χ4n) is 2.26. The number of aryl methyl sites for hydroxylation is 1. The molecule has 19 heavy (non-hydrogen) atoms. The van der Waals surface area contributed by atoms with E-state index in [1.54, 1.807) is 14.0 Å². The minimum Gasteiger partial charge on any atom is -0.377 e. The van der Waals surface area contributed by atoms with Gasteiger partial charge in [-0.25, -0.2) is 13.1 Å². The van der Waals surface area contributed by atoms with Gasteiger partial charge in [-0.3, -0.25) is 5.10 Å². The molecular weight excluding hydrogens is 268 g/mol. The van der Waals surface area contributed by atoms with E-state index in [0.29, 0.717) is 31.0 Å². The van der Waals surface area contributed by atoms with Crippen molar-refractivity contribution < 1.29 is 13.2 Å². The molecule has 0 amide bonds. The first-order valence-corrected chi connectivity index (χ1v) is 7.76. The molecule has 0 radical (unpaired) electrons. The van der Waals surface area contributed by atoms with Crippen LogP contribution in [0.15, 0.2) is 4.90 Å². The molecule has 2 heterocycles. The third-order valence-corrected chi connectivity index (χ3v) is 4.95. The fraction of sp³-hybridized carbons (Fsp3) is 0.727. The monoisotopic (exact) mass is 288 g/mol. The van der Waals surface area contributed by atoms with Crippen molar-refractivity contribution >= 4 is 10.0 Å². The maximum absolute atomic E-state index is 12.5. The van der Waals surface area contributed by atoms with E-state index in [-0.39, 0.29) is 17.0 Å². The third-order valence-electron chi connectivity index (χ3n) is 3.26. The van der Waals surface area contributed by atoms with Gasteiger partial charge in [0.2, 0.25) is 10.0 Å². The van der Waals surface area contributed by atoms with Gasteiger partial charge in [-0.1, -0.05) is 0 Å². The maximum Gasteiger partial charge on any atom is 0.244 e. The molecule has 0 spiro atoms. The number of hydrogen-bond donors (Lipinski definition) is 3. The van der Waals surface area contributed by atoms with E-state index in [1.165, 1.54) is 0 Å². The summed E-state index contributed by atoms with van der Waals surface area (Å²) in [6, 6.07) is -0.179. The highest BCUT2D eigenvalue weighted by Gasteiger charge is 2.32. The molecule has 1 aromatic heterocycles. The van der Waals surface area contributed by atoms with E-state index in [2.05, 4.69) is 20.2 Å². The highest BCUT2D eigenvalue weighted by Crippen LogP contribution is 2.21. The van der Waals surface area contributed by atoms with Gasteiger partial charge in [0.1, 0.15) is 4.90 Å². The Morgan fingerprint density at radius 3 is 2.84 bits per heavy atom. The zero-order valence-electron chi connectivity index (χ0n) is 11.4. The molecule has 0 aliphatic carbocycles. The molecule has 0 bridgehead atoms. The van der Waals surface area contributed by atoms with Crippen molar-refractivity contribution in [2.24, 2.45) is 0 Å². The Morgan fingerprint density at radius 1 is 1.53 bits per heavy atom. The predicted molar refractivity (Wildman–Crippen MR) is 70.2 cm³/mol. The van der Waals surface area contributed by atoms with E-state index in [4.69, 9.17) is 4.74 Å². The molecule has 2 unspecified atom stereocenters. The van der Waals surface area contributed by atoms with Gasteiger partial charge in [-0.2, -0.15) is 5.10 Å². The summed E-state index contributed by atoms with van der Waals surface area (Å²) < 4.78 is 33.0. The number of hydrogen-bond acceptors (Lipinski definition) is 5. The SMILES string of the molecule is CNCc1n[nH]c(C)c1S(=O)(=O)NC1CCOC1C. The number of sulfonamides is 1. The van der Waals surface area contributed by atoms with Gasteiger partial charge >= 0.3 is 0 Å². The van der Waals surface area contributed by atoms with Gasteiger partial charge in [-0.15, -0.1) is 0 Å². The Balaban J connectivity index is 2.26. The molecule has 1 aromatic rings. The number of aromatic nitrogens is 2. The van der Waals surface area contributed by atoms with E-state index < -0.39 is 10.0 Å². The zero-order chi connectivity index (χ0) is 14.0. The predicted octanol–water partition coefficient (Wildman–Crippen LogP) is -0.107. The summed E-state index contributed by atoms with van der Waals surface area (Å²) in [4.78, 5) is 0.237. The lowest BCUT2D eigenvalue weighted by Gasteiger charge is -2.16. The van der Waals surface area contributed by atoms with Crippen molar-refractivity contribution in [3.8, 4) is 0 Å². The van der Waals surface area contributed by atoms with Crippen molar-refractivity contribution in [2.45, 2.75) is 43.9 Å². The first kappa shape index (κ1) is 14.4. The highest BCUT2D eigenvalue weighted by molar-refractivity contribution is 7.89. The van der Waals surface area contributed by atoms with Crippen molar-refractivity contribution in [3.63, 3.8) is 0 Å². The summed E-state index contributed by atoms with van der Waals surface area (Å²) in [6.07, 6.45) is 0.591. The molecule has 0 aromatic carbocycles. The van der Waals surface area contributed by atoms with Crippen LogP contribution >= 0.6 is 0 Å². The highest BCUT2D eigenvalue weighted by atomic mass is 32.2. The van der Waals surface area contributed by atoms with Crippen LogP contribution in [0.3, 0.4) is 0 Å². The number of ether oxygens (including phenoxy) is 1. The molecular formula is C11H20N4O3S. The van der Waals surface area contributed by atoms with Crippen molar-refractivity contribution in [3.05, 3.63) is 11.4 Å². The molecule has 1 saturated heterocycles. The summed E-state index contributed by atoms with van der Waals surface area (Å²) in [7, 11) is -1.83. The zero-order valence-corrected chi connectivity index (χ0v) is 12.2. The normalized spacial score (nSPS) is 23.9. The van der Waals surface area contributed by atoms with E-state index in [9.17, 15) is 8.42 Å². The topological polar surface area (TPSA) is 96.1 Å². The molecule has 108 valence electrons. The molecule has 1 aliphatic rings. The van der Waals surface area contributed by atoms with Crippen molar-refractivity contribution in [1.29, 1.82) is 0 Å². The van der Waals surface area contributed by atoms with Gasteiger partial charge < -0.3 is 10.1 Å². The van der Waals surface area contributed by atoms with Gasteiger partial charge in [0.05, 0.1) is 23.5 Å². The molecule has 7 nitrogen and oxygen atoms in total. The summed E-state index contributed by atoms with van der Waals surface area (Å²) in [6.45, 7) is 4.56. The van der Waals surface area contributed by atoms with Crippen LogP contribution < -0.4 is 10.0 Å². The van der Waals surface area contributed by atoms with Crippen LogP contribution in [0.4, 0.5) is 0 Å². The molecule has 8 heteroatoms. The Kier molecular flexibility index (Phi) is 4.24. The average Bonchev–Trinajstić information content (AvgIpc) is 2.87. The minimum atomic E-state index is -3.58. The van der Waals surface area contributed by atoms with Crippen LogP contribution in [0, 0.1) is 6.92 Å². The quantitative estimate of drug-likeness (QED) is 0.703. The summed E-state index contributed by atoms with van der Waals surface area (Å²) in [5.41, 5.74) is 1.04. The van der Waals surface area contributed by atoms with Crippen molar-refractivity contribution in [2.75, 3.05) is 13.7 Å². The van der Waals surface area contributed by atoms with E-state index in [0.717, 1.165) is 0 Å². The summed E-state index contributed by atoms with van der Waals surface area (Å²) in [5, 5.41) is 9.66. The molecule has 2 atom stereocenters. The molecule has 1 aliphatic heterocycles. The lowest BCUT2D eigenvalue weighted by molar-refractivity contribution is 0.117. The van der Waals surface area contributed by atoms with Gasteiger partial charge in [-0.05, 0) is 27.3 Å². The molecule has 1 fully saturated rings. The fourth-order valence-corrected chi connectivity index (χ4v) is 3.96. The number of rotatable bonds is 5. The number of aromatic amines is 1. The Labute approximate surface area is 113 Å². The van der Waals surface area contributed by atoms with Gasteiger partial charge in [0, 0.05) is 13.2 Å². The second-order valence-corrected chi connectivity index (χ2v) is 6.40. The van der Waals surface area contributed by atoms with Crippen LogP contribution in [0.25, 0.3) is 0 Å². The first-order valence-electron chi connectivity index (χ1n) is 6.28. The van der Waals surface area contributed by atoms with Gasteiger partial charge in [0.25, 0.3) is 0 Å². The number of nitrogens with one attached hydrogen (secondary N) is 3. The van der Waals surface area contributed by atoms with Crippen LogP contribution in [0.5, 0.6) is 0 Å². The summed E-state index contributed by atoms with van der Waals surface area (Å²) >= 11 is 0. The van der Waals surface area contributed by atoms with Crippen LogP contribution in [0.1, 0.15) is 24.7 Å². The minimum absolute atomic E-state index is 0.102. The summed E-state index contributed by atoms with van der Waals surface area (Å²) in [5.74, 6) is 0. The largest absolute Gasteiger partial charge is 0.377 e. The van der Waals surface area contributed by atoms with Crippen molar-refractivity contribution in [1.82, 2.24) is 20.2 Å². The van der Waals surface area contributed by atoms with Crippen LogP contribution in [0.2, 0.25) is 0 Å². The lowest BCUT2D eigenvalue weighted by Crippen LogP contribution is -2.39. The van der Waals surface area contributed by atoms with Crippen LogP contribution in [-0.4, -0.2) is 44.4 Å². The third kappa shape index (κ3) is 2.97. The second-order valence-electron chi connectivity index (χ2n) is 4.75. The number of nitrogens with zero attached hydrogens (tertiary/aromatic N) is 1. The van der Waals surface area contributed by atoms with Crippen LogP contribution in [-0.2, 0) is 21.3 Å². The molecule has 3 N–H and O–H groups in total. The first-order chi connectivity index (χ1) is 8.95. The maximum atomic E-state index is 12.5. The molecule has 2 rings (SSSR count). The average molecular weight is 288 g/mol. The Morgan fingerprint density at radius 2 is 2.26 bits per heavy atom. The second kappa shape index (κ2) is 5.58. The standard InChI is InChI=1S/C11H20N4O3S/c1-7-11(10(6-12-3)14-13-7)19(16,17)15-9-4-5-18-8(9)2/h8-9,12,15H,4-6H2,1-3H3,(H,13,14). The molecule has 0 saturated carbocycles. The lowest BCUT2D eigenvalue weighted by atomic mass is 10.2. The van der Waals surface area contributed by atoms with E-state index >= 15 is 0 Å². The Hall–Kier alpha value is -0.960.